The molecule has 0 saturated heterocycles. The molecule has 0 atom stereocenters. The van der Waals surface area contributed by atoms with Crippen molar-refractivity contribution in [3.8, 4) is 11.5 Å². The lowest BCUT2D eigenvalue weighted by Crippen LogP contribution is -2.15. The van der Waals surface area contributed by atoms with Crippen LogP contribution in [0.2, 0.25) is 0 Å². The second-order valence-corrected chi connectivity index (χ2v) is 6.25. The van der Waals surface area contributed by atoms with Crippen LogP contribution in [0.4, 0.5) is 0 Å². The van der Waals surface area contributed by atoms with Gasteiger partial charge in [0.2, 0.25) is 0 Å². The molecule has 0 bridgehead atoms. The fraction of sp³-hybridized carbons (Fsp3) is 0.286. The van der Waals surface area contributed by atoms with E-state index in [1.807, 2.05) is 37.3 Å². The number of benzene rings is 2. The summed E-state index contributed by atoms with van der Waals surface area (Å²) in [5.41, 5.74) is 6.13. The highest BCUT2D eigenvalue weighted by atomic mass is 16.5. The molecule has 3 rings (SSSR count). The smallest absolute Gasteiger partial charge is 0.189 e. The monoisotopic (exact) mass is 322 g/mol. The summed E-state index contributed by atoms with van der Waals surface area (Å²) >= 11 is 0. The molecular formula is C21H22O3. The lowest BCUT2D eigenvalue weighted by Gasteiger charge is -2.20. The average Bonchev–Trinajstić information content (AvgIpc) is 2.57. The van der Waals surface area contributed by atoms with Gasteiger partial charge in [0, 0.05) is 17.2 Å². The maximum absolute atomic E-state index is 12.9. The fourth-order valence-electron chi connectivity index (χ4n) is 3.33. The molecule has 1 aliphatic rings. The van der Waals surface area contributed by atoms with E-state index in [2.05, 4.69) is 13.0 Å². The standard InChI is InChI=1S/C21H22O3/c1-13-7-14(2)19-6-5-16(21(22)20(19)8-13)9-15-10-17(23-3)12-18(11-15)24-4/h7-12H,5-6H2,1-4H3/b16-9+. The quantitative estimate of drug-likeness (QED) is 0.779. The van der Waals surface area contributed by atoms with E-state index >= 15 is 0 Å². The van der Waals surface area contributed by atoms with Crippen molar-refractivity contribution >= 4 is 11.9 Å². The highest BCUT2D eigenvalue weighted by Crippen LogP contribution is 2.31. The second kappa shape index (κ2) is 6.52. The molecule has 0 aliphatic heterocycles. The van der Waals surface area contributed by atoms with Gasteiger partial charge in [0.1, 0.15) is 11.5 Å². The van der Waals surface area contributed by atoms with Crippen LogP contribution in [0.1, 0.15) is 39.0 Å². The lowest BCUT2D eigenvalue weighted by molar-refractivity contribution is 0.102. The Morgan fingerprint density at radius 2 is 1.58 bits per heavy atom. The first-order valence-electron chi connectivity index (χ1n) is 8.10. The molecule has 0 radical (unpaired) electrons. The van der Waals surface area contributed by atoms with Gasteiger partial charge in [-0.2, -0.15) is 0 Å². The van der Waals surface area contributed by atoms with E-state index in [0.717, 1.165) is 46.6 Å². The lowest BCUT2D eigenvalue weighted by atomic mass is 9.83. The van der Waals surface area contributed by atoms with Gasteiger partial charge in [0.05, 0.1) is 14.2 Å². The summed E-state index contributed by atoms with van der Waals surface area (Å²) in [5, 5.41) is 0. The van der Waals surface area contributed by atoms with E-state index < -0.39 is 0 Å². The number of ether oxygens (including phenoxy) is 2. The van der Waals surface area contributed by atoms with Crippen molar-refractivity contribution in [3.63, 3.8) is 0 Å². The number of aryl methyl sites for hydroxylation is 2. The molecule has 124 valence electrons. The zero-order valence-electron chi connectivity index (χ0n) is 14.6. The summed E-state index contributed by atoms with van der Waals surface area (Å²) in [7, 11) is 3.25. The minimum atomic E-state index is 0.129. The Labute approximate surface area is 142 Å². The number of carbonyl (C=O) groups excluding carboxylic acids is 1. The number of Topliss-reactive ketones (excluding diaryl/α,β-unsaturated/α-hetero) is 1. The maximum Gasteiger partial charge on any atom is 0.189 e. The van der Waals surface area contributed by atoms with Gasteiger partial charge in [-0.05, 0) is 67.7 Å². The van der Waals surface area contributed by atoms with Crippen LogP contribution in [0.3, 0.4) is 0 Å². The number of allylic oxidation sites excluding steroid dienone is 1. The Morgan fingerprint density at radius 3 is 2.21 bits per heavy atom. The summed E-state index contributed by atoms with van der Waals surface area (Å²) in [6.45, 7) is 4.12. The first kappa shape index (κ1) is 16.3. The van der Waals surface area contributed by atoms with Crippen LogP contribution >= 0.6 is 0 Å². The summed E-state index contributed by atoms with van der Waals surface area (Å²) in [5.74, 6) is 1.57. The van der Waals surface area contributed by atoms with Crippen molar-refractivity contribution in [3.05, 3.63) is 63.7 Å². The highest BCUT2D eigenvalue weighted by molar-refractivity contribution is 6.13. The highest BCUT2D eigenvalue weighted by Gasteiger charge is 2.23. The van der Waals surface area contributed by atoms with Crippen molar-refractivity contribution in [2.45, 2.75) is 26.7 Å². The van der Waals surface area contributed by atoms with Gasteiger partial charge in [-0.1, -0.05) is 11.6 Å². The predicted molar refractivity (Wildman–Crippen MR) is 96.1 cm³/mol. The topological polar surface area (TPSA) is 35.5 Å². The van der Waals surface area contributed by atoms with Gasteiger partial charge in [0.15, 0.2) is 5.78 Å². The normalized spacial score (nSPS) is 15.3. The van der Waals surface area contributed by atoms with Crippen LogP contribution in [0, 0.1) is 13.8 Å². The fourth-order valence-corrected chi connectivity index (χ4v) is 3.33. The Balaban J connectivity index is 2.02. The predicted octanol–water partition coefficient (Wildman–Crippen LogP) is 4.53. The number of hydrogen-bond acceptors (Lipinski definition) is 3. The van der Waals surface area contributed by atoms with E-state index in [1.54, 1.807) is 14.2 Å². The molecule has 0 heterocycles. The third-order valence-corrected chi connectivity index (χ3v) is 4.51. The third-order valence-electron chi connectivity index (χ3n) is 4.51. The van der Waals surface area contributed by atoms with Crippen LogP contribution in [0.5, 0.6) is 11.5 Å². The molecule has 0 N–H and O–H groups in total. The van der Waals surface area contributed by atoms with Gasteiger partial charge in [-0.3, -0.25) is 4.79 Å². The zero-order chi connectivity index (χ0) is 17.3. The Morgan fingerprint density at radius 1 is 0.917 bits per heavy atom. The van der Waals surface area contributed by atoms with Crippen molar-refractivity contribution in [1.82, 2.24) is 0 Å². The molecule has 1 aliphatic carbocycles. The zero-order valence-corrected chi connectivity index (χ0v) is 14.6. The third kappa shape index (κ3) is 3.07. The first-order chi connectivity index (χ1) is 11.5. The molecule has 2 aromatic carbocycles. The Bertz CT molecular complexity index is 809. The average molecular weight is 322 g/mol. The molecule has 3 heteroatoms. The Kier molecular flexibility index (Phi) is 4.43. The van der Waals surface area contributed by atoms with Crippen molar-refractivity contribution in [2.24, 2.45) is 0 Å². The SMILES string of the molecule is COc1cc(/C=C2\CCc3c(C)cc(C)cc3C2=O)cc(OC)c1. The van der Waals surface area contributed by atoms with Gasteiger partial charge < -0.3 is 9.47 Å². The van der Waals surface area contributed by atoms with Crippen LogP contribution in [-0.2, 0) is 6.42 Å². The number of carbonyl (C=O) groups is 1. The molecule has 0 unspecified atom stereocenters. The molecule has 3 nitrogen and oxygen atoms in total. The summed E-state index contributed by atoms with van der Waals surface area (Å²) in [4.78, 5) is 12.9. The van der Waals surface area contributed by atoms with Gasteiger partial charge >= 0.3 is 0 Å². The minimum absolute atomic E-state index is 0.129. The molecule has 0 spiro atoms. The summed E-state index contributed by atoms with van der Waals surface area (Å²) in [6, 6.07) is 9.81. The Hall–Kier alpha value is -2.55. The molecule has 24 heavy (non-hydrogen) atoms. The van der Waals surface area contributed by atoms with E-state index in [4.69, 9.17) is 9.47 Å². The van der Waals surface area contributed by atoms with Gasteiger partial charge in [-0.25, -0.2) is 0 Å². The van der Waals surface area contributed by atoms with Crippen molar-refractivity contribution < 1.29 is 14.3 Å². The molecule has 0 aromatic heterocycles. The second-order valence-electron chi connectivity index (χ2n) is 6.25. The largest absolute Gasteiger partial charge is 0.497 e. The van der Waals surface area contributed by atoms with E-state index in [1.165, 1.54) is 11.1 Å². The molecule has 0 fully saturated rings. The van der Waals surface area contributed by atoms with Gasteiger partial charge in [0.25, 0.3) is 0 Å². The molecule has 0 saturated carbocycles. The summed E-state index contributed by atoms with van der Waals surface area (Å²) < 4.78 is 10.6. The van der Waals surface area contributed by atoms with E-state index in [-0.39, 0.29) is 5.78 Å². The van der Waals surface area contributed by atoms with Crippen LogP contribution in [0.25, 0.3) is 6.08 Å². The van der Waals surface area contributed by atoms with Crippen LogP contribution in [-0.4, -0.2) is 20.0 Å². The first-order valence-corrected chi connectivity index (χ1v) is 8.10. The van der Waals surface area contributed by atoms with Crippen molar-refractivity contribution in [2.75, 3.05) is 14.2 Å². The van der Waals surface area contributed by atoms with Crippen LogP contribution < -0.4 is 9.47 Å². The van der Waals surface area contributed by atoms with Crippen molar-refractivity contribution in [1.29, 1.82) is 0 Å². The molecule has 2 aromatic rings. The molecular weight excluding hydrogens is 300 g/mol. The van der Waals surface area contributed by atoms with E-state index in [0.29, 0.717) is 0 Å². The molecule has 0 amide bonds. The number of fused-ring (bicyclic) bond motifs is 1. The number of methoxy groups -OCH3 is 2. The number of hydrogen-bond donors (Lipinski definition) is 0. The maximum atomic E-state index is 12.9. The van der Waals surface area contributed by atoms with Crippen LogP contribution in [0.15, 0.2) is 35.9 Å². The summed E-state index contributed by atoms with van der Waals surface area (Å²) in [6.07, 6.45) is 3.61. The van der Waals surface area contributed by atoms with Gasteiger partial charge in [-0.15, -0.1) is 0 Å². The number of rotatable bonds is 3. The minimum Gasteiger partial charge on any atom is -0.497 e. The van der Waals surface area contributed by atoms with E-state index in [9.17, 15) is 4.79 Å². The number of ketones is 1.